The van der Waals surface area contributed by atoms with Gasteiger partial charge in [0, 0.05) is 30.4 Å². The Morgan fingerprint density at radius 3 is 2.62 bits per heavy atom. The van der Waals surface area contributed by atoms with Crippen LogP contribution in [0.4, 0.5) is 26.6 Å². The maximum absolute atomic E-state index is 15.2. The first-order valence-electron chi connectivity index (χ1n) is 11.8. The van der Waals surface area contributed by atoms with Crippen molar-refractivity contribution in [3.63, 3.8) is 0 Å². The number of rotatable bonds is 7. The molecule has 0 radical (unpaired) electrons. The van der Waals surface area contributed by atoms with Crippen molar-refractivity contribution in [1.29, 1.82) is 0 Å². The lowest BCUT2D eigenvalue weighted by atomic mass is 9.91. The highest BCUT2D eigenvalue weighted by molar-refractivity contribution is 6.34. The van der Waals surface area contributed by atoms with E-state index in [1.54, 1.807) is 19.2 Å². The number of aromatic nitrogens is 2. The molecule has 1 aliphatic carbocycles. The molecule has 2 aromatic rings. The van der Waals surface area contributed by atoms with Crippen LogP contribution in [-0.4, -0.2) is 60.2 Å². The Morgan fingerprint density at radius 2 is 1.97 bits per heavy atom. The van der Waals surface area contributed by atoms with E-state index in [-0.39, 0.29) is 29.0 Å². The van der Waals surface area contributed by atoms with Crippen molar-refractivity contribution < 1.29 is 13.9 Å². The number of anilines is 3. The molecular weight excluding hydrogens is 459 g/mol. The van der Waals surface area contributed by atoms with Crippen LogP contribution in [0, 0.1) is 5.82 Å². The Labute approximate surface area is 205 Å². The molecule has 1 saturated carbocycles. The molecule has 0 atom stereocenters. The van der Waals surface area contributed by atoms with Gasteiger partial charge in [0.05, 0.1) is 18.2 Å². The highest BCUT2D eigenvalue weighted by Gasteiger charge is 2.35. The van der Waals surface area contributed by atoms with Crippen molar-refractivity contribution >= 4 is 35.1 Å². The second-order valence-corrected chi connectivity index (χ2v) is 9.32. The number of benzene rings is 1. The van der Waals surface area contributed by atoms with Crippen molar-refractivity contribution in [1.82, 2.24) is 14.9 Å². The molecule has 0 bridgehead atoms. The van der Waals surface area contributed by atoms with Gasteiger partial charge in [-0.2, -0.15) is 4.98 Å². The molecular formula is C24H32ClFN6O2. The van der Waals surface area contributed by atoms with E-state index >= 15 is 4.39 Å². The zero-order valence-corrected chi connectivity index (χ0v) is 20.9. The number of hydrogen-bond donors (Lipinski definition) is 1. The summed E-state index contributed by atoms with van der Waals surface area (Å²) in [6, 6.07) is 3.53. The lowest BCUT2D eigenvalue weighted by Gasteiger charge is -2.36. The molecule has 34 heavy (non-hydrogen) atoms. The Kier molecular flexibility index (Phi) is 7.42. The lowest BCUT2D eigenvalue weighted by Crippen LogP contribution is -2.48. The predicted molar refractivity (Wildman–Crippen MR) is 133 cm³/mol. The van der Waals surface area contributed by atoms with Crippen LogP contribution >= 0.6 is 11.6 Å². The van der Waals surface area contributed by atoms with Crippen LogP contribution < -0.4 is 19.9 Å². The normalized spacial score (nSPS) is 20.5. The summed E-state index contributed by atoms with van der Waals surface area (Å²) in [4.78, 5) is 27.7. The molecule has 184 valence electrons. The third-order valence-electron chi connectivity index (χ3n) is 6.57. The second-order valence-electron chi connectivity index (χ2n) is 8.91. The maximum atomic E-state index is 15.2. The van der Waals surface area contributed by atoms with Crippen LogP contribution in [0.15, 0.2) is 18.3 Å². The zero-order chi connectivity index (χ0) is 24.4. The van der Waals surface area contributed by atoms with Crippen molar-refractivity contribution in [2.75, 3.05) is 42.4 Å². The van der Waals surface area contributed by atoms with Gasteiger partial charge in [-0.3, -0.25) is 9.80 Å². The van der Waals surface area contributed by atoms with Crippen LogP contribution in [0.3, 0.4) is 0 Å². The Bertz CT molecular complexity index is 1040. The fourth-order valence-electron chi connectivity index (χ4n) is 4.70. The van der Waals surface area contributed by atoms with Crippen LogP contribution in [0.1, 0.15) is 45.1 Å². The first kappa shape index (κ1) is 24.5. The van der Waals surface area contributed by atoms with Gasteiger partial charge in [-0.15, -0.1) is 0 Å². The number of nitrogens with zero attached hydrogens (tertiary/aromatic N) is 5. The van der Waals surface area contributed by atoms with Gasteiger partial charge in [-0.05, 0) is 65.8 Å². The fourth-order valence-corrected chi connectivity index (χ4v) is 4.95. The molecule has 0 spiro atoms. The SMILES string of the molecule is CCOc1ccc(Cl)c(N2Cc3cnc(NC4CCC(N(C)C)CC4)nc3N(CC)C2=O)c1F. The van der Waals surface area contributed by atoms with Crippen LogP contribution in [-0.2, 0) is 6.54 Å². The van der Waals surface area contributed by atoms with E-state index in [1.165, 1.54) is 15.9 Å². The van der Waals surface area contributed by atoms with Gasteiger partial charge in [0.2, 0.25) is 5.95 Å². The molecule has 1 fully saturated rings. The van der Waals surface area contributed by atoms with Crippen LogP contribution in [0.25, 0.3) is 0 Å². The Hall–Kier alpha value is -2.65. The number of carbonyl (C=O) groups is 1. The molecule has 10 heteroatoms. The third-order valence-corrected chi connectivity index (χ3v) is 6.87. The number of urea groups is 1. The van der Waals surface area contributed by atoms with Crippen molar-refractivity contribution in [2.24, 2.45) is 0 Å². The summed E-state index contributed by atoms with van der Waals surface area (Å²) in [6.45, 7) is 4.42. The molecule has 2 heterocycles. The van der Waals surface area contributed by atoms with Crippen molar-refractivity contribution in [3.8, 4) is 5.75 Å². The number of amides is 2. The van der Waals surface area contributed by atoms with Crippen LogP contribution in [0.5, 0.6) is 5.75 Å². The first-order valence-corrected chi connectivity index (χ1v) is 12.2. The van der Waals surface area contributed by atoms with Gasteiger partial charge in [0.25, 0.3) is 0 Å². The molecule has 0 saturated heterocycles. The summed E-state index contributed by atoms with van der Waals surface area (Å²) < 4.78 is 20.6. The quantitative estimate of drug-likeness (QED) is 0.594. The predicted octanol–water partition coefficient (Wildman–Crippen LogP) is 4.92. The monoisotopic (exact) mass is 490 g/mol. The van der Waals surface area contributed by atoms with E-state index in [0.29, 0.717) is 37.0 Å². The minimum atomic E-state index is -0.658. The molecule has 2 aliphatic rings. The van der Waals surface area contributed by atoms with Gasteiger partial charge in [0.1, 0.15) is 11.5 Å². The molecule has 8 nitrogen and oxygen atoms in total. The number of halogens is 2. The summed E-state index contributed by atoms with van der Waals surface area (Å²) in [7, 11) is 4.24. The number of ether oxygens (including phenoxy) is 1. The molecule has 1 aromatic heterocycles. The molecule has 4 rings (SSSR count). The van der Waals surface area contributed by atoms with Gasteiger partial charge in [-0.1, -0.05) is 11.6 Å². The third kappa shape index (κ3) is 4.77. The maximum Gasteiger partial charge on any atom is 0.330 e. The van der Waals surface area contributed by atoms with Crippen molar-refractivity contribution in [2.45, 2.75) is 58.2 Å². The molecule has 1 N–H and O–H groups in total. The summed E-state index contributed by atoms with van der Waals surface area (Å²) in [5, 5.41) is 3.58. The van der Waals surface area contributed by atoms with Crippen molar-refractivity contribution in [3.05, 3.63) is 34.7 Å². The smallest absolute Gasteiger partial charge is 0.330 e. The van der Waals surface area contributed by atoms with E-state index < -0.39 is 5.82 Å². The van der Waals surface area contributed by atoms with E-state index in [4.69, 9.17) is 16.3 Å². The van der Waals surface area contributed by atoms with E-state index in [9.17, 15) is 4.79 Å². The fraction of sp³-hybridized carbons (Fsp3) is 0.542. The second kappa shape index (κ2) is 10.3. The Morgan fingerprint density at radius 1 is 1.24 bits per heavy atom. The Balaban J connectivity index is 1.58. The molecule has 1 aromatic carbocycles. The van der Waals surface area contributed by atoms with Gasteiger partial charge in [-0.25, -0.2) is 14.2 Å². The average Bonchev–Trinajstić information content (AvgIpc) is 2.82. The highest BCUT2D eigenvalue weighted by Crippen LogP contribution is 2.39. The largest absolute Gasteiger partial charge is 0.491 e. The zero-order valence-electron chi connectivity index (χ0n) is 20.1. The number of fused-ring (bicyclic) bond motifs is 1. The summed E-state index contributed by atoms with van der Waals surface area (Å²) in [5.41, 5.74) is 0.724. The molecule has 0 unspecified atom stereocenters. The van der Waals surface area contributed by atoms with Gasteiger partial charge in [0.15, 0.2) is 11.6 Å². The summed E-state index contributed by atoms with van der Waals surface area (Å²) in [6.07, 6.45) is 6.04. The van der Waals surface area contributed by atoms with Gasteiger partial charge >= 0.3 is 6.03 Å². The van der Waals surface area contributed by atoms with E-state index in [1.807, 2.05) is 6.92 Å². The minimum absolute atomic E-state index is 0.00145. The number of hydrogen-bond acceptors (Lipinski definition) is 6. The number of nitrogens with one attached hydrogen (secondary N) is 1. The molecule has 2 amide bonds. The van der Waals surface area contributed by atoms with Gasteiger partial charge < -0.3 is 15.0 Å². The van der Waals surface area contributed by atoms with Crippen LogP contribution in [0.2, 0.25) is 5.02 Å². The van der Waals surface area contributed by atoms with E-state index in [2.05, 4.69) is 34.3 Å². The average molecular weight is 491 g/mol. The van der Waals surface area contributed by atoms with E-state index in [0.717, 1.165) is 31.2 Å². The first-order chi connectivity index (χ1) is 16.3. The minimum Gasteiger partial charge on any atom is -0.491 e. The number of carbonyl (C=O) groups excluding carboxylic acids is 1. The highest BCUT2D eigenvalue weighted by atomic mass is 35.5. The summed E-state index contributed by atoms with van der Waals surface area (Å²) >= 11 is 6.33. The summed E-state index contributed by atoms with van der Waals surface area (Å²) in [5.74, 6) is 0.452. The molecule has 1 aliphatic heterocycles. The lowest BCUT2D eigenvalue weighted by molar-refractivity contribution is 0.221. The standard InChI is InChI=1S/C24H32ClFN6O2/c1-5-31-22-15(13-27-23(29-22)28-16-7-9-17(10-8-16)30(3)4)14-32(24(31)33)21-18(25)11-12-19(20(21)26)34-6-2/h11-13,16-17H,5-10,14H2,1-4H3,(H,27,28,29). The topological polar surface area (TPSA) is 73.8 Å².